The zero-order valence-electron chi connectivity index (χ0n) is 18.2. The van der Waals surface area contributed by atoms with Crippen molar-refractivity contribution in [3.05, 3.63) is 80.2 Å². The average Bonchev–Trinajstić information content (AvgIpc) is 3.07. The van der Waals surface area contributed by atoms with Crippen LogP contribution in [0.1, 0.15) is 54.0 Å². The van der Waals surface area contributed by atoms with Crippen molar-refractivity contribution in [3.8, 4) is 0 Å². The monoisotopic (exact) mass is 470 g/mol. The van der Waals surface area contributed by atoms with Crippen molar-refractivity contribution >= 4 is 51.4 Å². The lowest BCUT2D eigenvalue weighted by atomic mass is 10.1. The highest BCUT2D eigenvalue weighted by Crippen LogP contribution is 2.35. The minimum absolute atomic E-state index is 0.169. The molecule has 6 nitrogen and oxygen atoms in total. The van der Waals surface area contributed by atoms with Crippen molar-refractivity contribution in [2.45, 2.75) is 27.7 Å². The van der Waals surface area contributed by atoms with Gasteiger partial charge in [0.2, 0.25) is 0 Å². The molecule has 0 saturated heterocycles. The van der Waals surface area contributed by atoms with E-state index in [1.807, 2.05) is 26.0 Å². The standard InChI is InChI=1S/C24H23ClN2O4S/c1-5-31-24(30)19-15(4)20(22(29)26-16-11-10-14(3)18(25)12-16)32-23(19)27-21(28)17-9-7-6-8-13(17)2/h6-12H,5H2,1-4H3,(H,26,29)(H,27,28). The van der Waals surface area contributed by atoms with E-state index in [4.69, 9.17) is 16.3 Å². The number of carbonyl (C=O) groups excluding carboxylic acids is 3. The van der Waals surface area contributed by atoms with E-state index >= 15 is 0 Å². The van der Waals surface area contributed by atoms with E-state index in [9.17, 15) is 14.4 Å². The number of esters is 1. The maximum absolute atomic E-state index is 13.0. The smallest absolute Gasteiger partial charge is 0.341 e. The second-order valence-electron chi connectivity index (χ2n) is 7.17. The number of hydrogen-bond acceptors (Lipinski definition) is 5. The van der Waals surface area contributed by atoms with Gasteiger partial charge in [-0.05, 0) is 62.6 Å². The molecule has 2 N–H and O–H groups in total. The molecule has 1 aromatic heterocycles. The van der Waals surface area contributed by atoms with Gasteiger partial charge >= 0.3 is 5.97 Å². The molecule has 3 rings (SSSR count). The van der Waals surface area contributed by atoms with E-state index in [0.717, 1.165) is 22.5 Å². The fraction of sp³-hybridized carbons (Fsp3) is 0.208. The summed E-state index contributed by atoms with van der Waals surface area (Å²) in [6, 6.07) is 12.3. The Morgan fingerprint density at radius 1 is 0.969 bits per heavy atom. The number of thiophene rings is 1. The van der Waals surface area contributed by atoms with Crippen LogP contribution < -0.4 is 10.6 Å². The molecule has 0 bridgehead atoms. The van der Waals surface area contributed by atoms with Crippen LogP contribution in [-0.4, -0.2) is 24.4 Å². The van der Waals surface area contributed by atoms with Gasteiger partial charge in [-0.3, -0.25) is 9.59 Å². The summed E-state index contributed by atoms with van der Waals surface area (Å²) in [5.74, 6) is -1.37. The maximum Gasteiger partial charge on any atom is 0.341 e. The summed E-state index contributed by atoms with van der Waals surface area (Å²) in [6.07, 6.45) is 0. The van der Waals surface area contributed by atoms with Crippen molar-refractivity contribution < 1.29 is 19.1 Å². The number of benzene rings is 2. The molecular formula is C24H23ClN2O4S. The molecule has 0 atom stereocenters. The predicted octanol–water partition coefficient (Wildman–Crippen LogP) is 6.01. The number of aryl methyl sites for hydroxylation is 2. The third-order valence-corrected chi connectivity index (χ3v) is 6.49. The first kappa shape index (κ1) is 23.5. The van der Waals surface area contributed by atoms with Gasteiger partial charge in [0.25, 0.3) is 11.8 Å². The van der Waals surface area contributed by atoms with Gasteiger partial charge in [-0.15, -0.1) is 11.3 Å². The van der Waals surface area contributed by atoms with Gasteiger partial charge in [-0.1, -0.05) is 35.9 Å². The van der Waals surface area contributed by atoms with Gasteiger partial charge in [0.1, 0.15) is 5.00 Å². The van der Waals surface area contributed by atoms with Crippen molar-refractivity contribution in [3.63, 3.8) is 0 Å². The minimum atomic E-state index is -0.598. The van der Waals surface area contributed by atoms with E-state index in [1.54, 1.807) is 44.2 Å². The summed E-state index contributed by atoms with van der Waals surface area (Å²) in [5.41, 5.74) is 3.30. The number of rotatable bonds is 6. The van der Waals surface area contributed by atoms with E-state index in [1.165, 1.54) is 0 Å². The predicted molar refractivity (Wildman–Crippen MR) is 128 cm³/mol. The van der Waals surface area contributed by atoms with E-state index in [-0.39, 0.29) is 23.1 Å². The Morgan fingerprint density at radius 2 is 1.69 bits per heavy atom. The van der Waals surface area contributed by atoms with E-state index in [0.29, 0.717) is 26.7 Å². The molecule has 0 saturated carbocycles. The van der Waals surface area contributed by atoms with Gasteiger partial charge in [-0.2, -0.15) is 0 Å². The topological polar surface area (TPSA) is 84.5 Å². The molecule has 166 valence electrons. The van der Waals surface area contributed by atoms with Gasteiger partial charge in [-0.25, -0.2) is 4.79 Å². The van der Waals surface area contributed by atoms with Crippen molar-refractivity contribution in [1.29, 1.82) is 0 Å². The molecule has 0 unspecified atom stereocenters. The van der Waals surface area contributed by atoms with Crippen LogP contribution in [0.25, 0.3) is 0 Å². The zero-order chi connectivity index (χ0) is 23.4. The average molecular weight is 471 g/mol. The highest BCUT2D eigenvalue weighted by atomic mass is 35.5. The molecule has 0 aliphatic heterocycles. The number of hydrogen-bond donors (Lipinski definition) is 2. The number of ether oxygens (including phenoxy) is 1. The van der Waals surface area contributed by atoms with Crippen LogP contribution in [0, 0.1) is 20.8 Å². The normalized spacial score (nSPS) is 10.5. The molecule has 0 radical (unpaired) electrons. The van der Waals surface area contributed by atoms with Gasteiger partial charge in [0.05, 0.1) is 17.0 Å². The quantitative estimate of drug-likeness (QED) is 0.432. The van der Waals surface area contributed by atoms with Crippen LogP contribution >= 0.6 is 22.9 Å². The Kier molecular flexibility index (Phi) is 7.33. The first-order valence-electron chi connectivity index (χ1n) is 9.97. The van der Waals surface area contributed by atoms with Gasteiger partial charge in [0, 0.05) is 16.3 Å². The number of nitrogens with one attached hydrogen (secondary N) is 2. The van der Waals surface area contributed by atoms with Crippen LogP contribution in [0.5, 0.6) is 0 Å². The molecule has 0 aliphatic carbocycles. The number of anilines is 2. The molecule has 0 aliphatic rings. The Hall–Kier alpha value is -3.16. The molecule has 1 heterocycles. The Balaban J connectivity index is 1.96. The molecule has 2 aromatic carbocycles. The molecule has 0 spiro atoms. The lowest BCUT2D eigenvalue weighted by Gasteiger charge is -2.08. The third-order valence-electron chi connectivity index (χ3n) is 4.88. The fourth-order valence-corrected chi connectivity index (χ4v) is 4.39. The van der Waals surface area contributed by atoms with Crippen molar-refractivity contribution in [1.82, 2.24) is 0 Å². The molecular weight excluding hydrogens is 448 g/mol. The molecule has 0 fully saturated rings. The lowest BCUT2D eigenvalue weighted by molar-refractivity contribution is 0.0527. The van der Waals surface area contributed by atoms with Gasteiger partial charge < -0.3 is 15.4 Å². The Labute approximate surface area is 195 Å². The van der Waals surface area contributed by atoms with Crippen LogP contribution in [-0.2, 0) is 4.74 Å². The molecule has 2 amide bonds. The van der Waals surface area contributed by atoms with Crippen molar-refractivity contribution in [2.24, 2.45) is 0 Å². The summed E-state index contributed by atoms with van der Waals surface area (Å²) in [4.78, 5) is 38.8. The lowest BCUT2D eigenvalue weighted by Crippen LogP contribution is -2.16. The summed E-state index contributed by atoms with van der Waals surface area (Å²) in [5, 5.41) is 6.37. The second kappa shape index (κ2) is 9.97. The number of halogens is 1. The minimum Gasteiger partial charge on any atom is -0.462 e. The van der Waals surface area contributed by atoms with Crippen LogP contribution in [0.2, 0.25) is 5.02 Å². The summed E-state index contributed by atoms with van der Waals surface area (Å²) in [7, 11) is 0. The third kappa shape index (κ3) is 5.00. The van der Waals surface area contributed by atoms with Crippen LogP contribution in [0.4, 0.5) is 10.7 Å². The maximum atomic E-state index is 13.0. The highest BCUT2D eigenvalue weighted by Gasteiger charge is 2.27. The summed E-state index contributed by atoms with van der Waals surface area (Å²) in [6.45, 7) is 7.21. The largest absolute Gasteiger partial charge is 0.462 e. The Bertz CT molecular complexity index is 1200. The van der Waals surface area contributed by atoms with Crippen LogP contribution in [0.15, 0.2) is 42.5 Å². The van der Waals surface area contributed by atoms with E-state index in [2.05, 4.69) is 10.6 Å². The van der Waals surface area contributed by atoms with Crippen molar-refractivity contribution in [2.75, 3.05) is 17.2 Å². The first-order chi connectivity index (χ1) is 15.2. The zero-order valence-corrected chi connectivity index (χ0v) is 19.7. The first-order valence-corrected chi connectivity index (χ1v) is 11.2. The second-order valence-corrected chi connectivity index (χ2v) is 8.60. The SMILES string of the molecule is CCOC(=O)c1c(NC(=O)c2ccccc2C)sc(C(=O)Nc2ccc(C)c(Cl)c2)c1C. The summed E-state index contributed by atoms with van der Waals surface area (Å²) >= 11 is 7.18. The molecule has 8 heteroatoms. The molecule has 3 aromatic rings. The highest BCUT2D eigenvalue weighted by molar-refractivity contribution is 7.19. The number of amides is 2. The number of carbonyl (C=O) groups is 3. The molecule has 32 heavy (non-hydrogen) atoms. The van der Waals surface area contributed by atoms with Gasteiger partial charge in [0.15, 0.2) is 0 Å². The fourth-order valence-electron chi connectivity index (χ4n) is 3.12. The Morgan fingerprint density at radius 3 is 2.34 bits per heavy atom. The van der Waals surface area contributed by atoms with Crippen LogP contribution in [0.3, 0.4) is 0 Å². The summed E-state index contributed by atoms with van der Waals surface area (Å²) < 4.78 is 5.17. The van der Waals surface area contributed by atoms with E-state index < -0.39 is 11.9 Å².